The number of carbonyl (C=O) groups is 1. The van der Waals surface area contributed by atoms with Crippen molar-refractivity contribution in [2.24, 2.45) is 0 Å². The van der Waals surface area contributed by atoms with Crippen molar-refractivity contribution in [2.45, 2.75) is 42.5 Å². The van der Waals surface area contributed by atoms with Crippen LogP contribution in [0.1, 0.15) is 37.2 Å². The molecule has 3 heteroatoms. The van der Waals surface area contributed by atoms with Crippen LogP contribution in [0.4, 0.5) is 5.69 Å². The molecule has 3 aliphatic rings. The number of benzene rings is 1. The molecule has 0 N–H and O–H groups in total. The van der Waals surface area contributed by atoms with E-state index in [2.05, 4.69) is 23.1 Å². The molecule has 1 fully saturated rings. The highest BCUT2D eigenvalue weighted by Crippen LogP contribution is 2.51. The fraction of sp³-hybridized carbons (Fsp3) is 0.533. The standard InChI is InChI=1S/C15H17NOS/c17-10-5-6-11-12-3-1-4-14-15(12)16(13(11)9-10)7-2-8-18-14/h1,3-4,11,13H,2,5-9H2. The van der Waals surface area contributed by atoms with Crippen molar-refractivity contribution in [1.29, 1.82) is 0 Å². The molecule has 1 saturated carbocycles. The zero-order chi connectivity index (χ0) is 12.1. The summed E-state index contributed by atoms with van der Waals surface area (Å²) in [4.78, 5) is 15.8. The van der Waals surface area contributed by atoms with Gasteiger partial charge in [-0.3, -0.25) is 4.79 Å². The Morgan fingerprint density at radius 2 is 2.28 bits per heavy atom. The normalized spacial score (nSPS) is 29.8. The quantitative estimate of drug-likeness (QED) is 0.713. The number of rotatable bonds is 0. The lowest BCUT2D eigenvalue weighted by Gasteiger charge is -2.32. The first-order valence-corrected chi connectivity index (χ1v) is 7.87. The van der Waals surface area contributed by atoms with E-state index in [1.165, 1.54) is 28.3 Å². The third kappa shape index (κ3) is 1.46. The lowest BCUT2D eigenvalue weighted by atomic mass is 9.82. The lowest BCUT2D eigenvalue weighted by Crippen LogP contribution is -2.39. The van der Waals surface area contributed by atoms with Crippen LogP contribution in [0.2, 0.25) is 0 Å². The first-order valence-electron chi connectivity index (χ1n) is 6.88. The molecule has 0 aromatic heterocycles. The summed E-state index contributed by atoms with van der Waals surface area (Å²) in [6.45, 7) is 1.13. The summed E-state index contributed by atoms with van der Waals surface area (Å²) >= 11 is 1.99. The Morgan fingerprint density at radius 3 is 3.22 bits per heavy atom. The molecule has 0 spiro atoms. The van der Waals surface area contributed by atoms with Gasteiger partial charge in [0.2, 0.25) is 0 Å². The predicted molar refractivity (Wildman–Crippen MR) is 74.5 cm³/mol. The second-order valence-corrected chi connectivity index (χ2v) is 6.68. The summed E-state index contributed by atoms with van der Waals surface area (Å²) in [5.41, 5.74) is 2.98. The first-order chi connectivity index (χ1) is 8.84. The van der Waals surface area contributed by atoms with Gasteiger partial charge in [0.1, 0.15) is 5.78 Å². The van der Waals surface area contributed by atoms with E-state index in [4.69, 9.17) is 0 Å². The molecule has 0 bridgehead atoms. The molecule has 2 nitrogen and oxygen atoms in total. The minimum absolute atomic E-state index is 0.459. The average molecular weight is 259 g/mol. The Balaban J connectivity index is 1.85. The van der Waals surface area contributed by atoms with E-state index in [1.54, 1.807) is 0 Å². The number of fused-ring (bicyclic) bond motifs is 3. The number of carbonyl (C=O) groups excluding carboxylic acids is 1. The fourth-order valence-corrected chi connectivity index (χ4v) is 4.84. The smallest absolute Gasteiger partial charge is 0.135 e. The second-order valence-electron chi connectivity index (χ2n) is 5.54. The van der Waals surface area contributed by atoms with Crippen LogP contribution >= 0.6 is 11.8 Å². The zero-order valence-corrected chi connectivity index (χ0v) is 11.2. The average Bonchev–Trinajstić information content (AvgIpc) is 2.56. The Bertz CT molecular complexity index is 513. The number of para-hydroxylation sites is 1. The van der Waals surface area contributed by atoms with Crippen LogP contribution in [0, 0.1) is 0 Å². The molecule has 18 heavy (non-hydrogen) atoms. The molecule has 1 aromatic carbocycles. The van der Waals surface area contributed by atoms with Crippen LogP contribution in [0.15, 0.2) is 23.1 Å². The molecule has 0 radical (unpaired) electrons. The van der Waals surface area contributed by atoms with Gasteiger partial charge >= 0.3 is 0 Å². The van der Waals surface area contributed by atoms with Crippen molar-refractivity contribution >= 4 is 23.2 Å². The van der Waals surface area contributed by atoms with Crippen LogP contribution < -0.4 is 4.90 Å². The second kappa shape index (κ2) is 4.02. The summed E-state index contributed by atoms with van der Waals surface area (Å²) in [6, 6.07) is 7.20. The molecular weight excluding hydrogens is 242 g/mol. The molecule has 2 atom stereocenters. The van der Waals surface area contributed by atoms with Gasteiger partial charge in [-0.2, -0.15) is 0 Å². The van der Waals surface area contributed by atoms with E-state index < -0.39 is 0 Å². The number of nitrogens with zero attached hydrogens (tertiary/aromatic N) is 1. The van der Waals surface area contributed by atoms with E-state index in [-0.39, 0.29) is 0 Å². The topological polar surface area (TPSA) is 20.3 Å². The maximum atomic E-state index is 11.8. The molecular formula is C15H17NOS. The van der Waals surface area contributed by atoms with Gasteiger partial charge in [0.15, 0.2) is 0 Å². The Kier molecular flexibility index (Phi) is 2.44. The van der Waals surface area contributed by atoms with Gasteiger partial charge in [0, 0.05) is 36.2 Å². The molecule has 2 heterocycles. The highest BCUT2D eigenvalue weighted by atomic mass is 32.2. The van der Waals surface area contributed by atoms with Crippen molar-refractivity contribution in [3.63, 3.8) is 0 Å². The van der Waals surface area contributed by atoms with Gasteiger partial charge in [-0.25, -0.2) is 0 Å². The third-order valence-electron chi connectivity index (χ3n) is 4.55. The minimum atomic E-state index is 0.459. The van der Waals surface area contributed by atoms with Crippen molar-refractivity contribution < 1.29 is 4.79 Å². The van der Waals surface area contributed by atoms with Crippen LogP contribution in [0.25, 0.3) is 0 Å². The summed E-state index contributed by atoms with van der Waals surface area (Å²) in [5.74, 6) is 2.28. The zero-order valence-electron chi connectivity index (χ0n) is 10.4. The number of hydrogen-bond acceptors (Lipinski definition) is 3. The molecule has 0 amide bonds. The Morgan fingerprint density at radius 1 is 1.33 bits per heavy atom. The molecule has 94 valence electrons. The Hall–Kier alpha value is -0.960. The number of hydrogen-bond donors (Lipinski definition) is 0. The van der Waals surface area contributed by atoms with Gasteiger partial charge in [-0.1, -0.05) is 12.1 Å². The molecule has 4 rings (SSSR count). The maximum Gasteiger partial charge on any atom is 0.135 e. The number of anilines is 1. The van der Waals surface area contributed by atoms with Crippen molar-refractivity contribution in [3.05, 3.63) is 23.8 Å². The van der Waals surface area contributed by atoms with Crippen LogP contribution in [-0.2, 0) is 4.79 Å². The third-order valence-corrected chi connectivity index (χ3v) is 5.69. The SMILES string of the molecule is O=C1CCC2c3cccc4c3N(CCCS4)C2C1. The Labute approximate surface area is 112 Å². The predicted octanol–water partition coefficient (Wildman–Crippen LogP) is 3.21. The minimum Gasteiger partial charge on any atom is -0.366 e. The molecule has 1 aromatic rings. The molecule has 0 saturated heterocycles. The van der Waals surface area contributed by atoms with Gasteiger partial charge in [0.05, 0.1) is 5.69 Å². The largest absolute Gasteiger partial charge is 0.366 e. The van der Waals surface area contributed by atoms with Crippen LogP contribution in [0.5, 0.6) is 0 Å². The van der Waals surface area contributed by atoms with E-state index in [1.807, 2.05) is 11.8 Å². The van der Waals surface area contributed by atoms with Gasteiger partial charge < -0.3 is 4.90 Å². The van der Waals surface area contributed by atoms with E-state index in [0.717, 1.165) is 25.8 Å². The molecule has 2 unspecified atom stereocenters. The van der Waals surface area contributed by atoms with E-state index in [0.29, 0.717) is 17.7 Å². The van der Waals surface area contributed by atoms with E-state index >= 15 is 0 Å². The van der Waals surface area contributed by atoms with Crippen molar-refractivity contribution in [3.8, 4) is 0 Å². The number of thioether (sulfide) groups is 1. The highest BCUT2D eigenvalue weighted by Gasteiger charge is 2.43. The molecule has 2 aliphatic heterocycles. The first kappa shape index (κ1) is 10.9. The highest BCUT2D eigenvalue weighted by molar-refractivity contribution is 7.99. The number of Topliss-reactive ketones (excluding diaryl/α,β-unsaturated/α-hetero) is 1. The van der Waals surface area contributed by atoms with Crippen molar-refractivity contribution in [2.75, 3.05) is 17.2 Å². The van der Waals surface area contributed by atoms with Crippen LogP contribution in [0.3, 0.4) is 0 Å². The molecule has 1 aliphatic carbocycles. The summed E-state index contributed by atoms with van der Waals surface area (Å²) in [5, 5.41) is 0. The van der Waals surface area contributed by atoms with E-state index in [9.17, 15) is 4.79 Å². The van der Waals surface area contributed by atoms with Gasteiger partial charge in [-0.05, 0) is 30.2 Å². The number of ketones is 1. The monoisotopic (exact) mass is 259 g/mol. The summed E-state index contributed by atoms with van der Waals surface area (Å²) in [7, 11) is 0. The summed E-state index contributed by atoms with van der Waals surface area (Å²) in [6.07, 6.45) is 3.84. The van der Waals surface area contributed by atoms with Gasteiger partial charge in [-0.15, -0.1) is 11.8 Å². The maximum absolute atomic E-state index is 11.8. The summed E-state index contributed by atoms with van der Waals surface area (Å²) < 4.78 is 0. The fourth-order valence-electron chi connectivity index (χ4n) is 3.80. The lowest BCUT2D eigenvalue weighted by molar-refractivity contribution is -0.120. The van der Waals surface area contributed by atoms with Crippen molar-refractivity contribution in [1.82, 2.24) is 0 Å². The van der Waals surface area contributed by atoms with Gasteiger partial charge in [0.25, 0.3) is 0 Å². The van der Waals surface area contributed by atoms with Crippen LogP contribution in [-0.4, -0.2) is 24.1 Å².